The predicted molar refractivity (Wildman–Crippen MR) is 50.1 cm³/mol. The fourth-order valence-corrected chi connectivity index (χ4v) is 4.70. The molecular formula is C12H18O. The van der Waals surface area contributed by atoms with E-state index in [1.165, 1.54) is 23.7 Å². The molecule has 13 heavy (non-hydrogen) atoms. The number of hydrogen-bond acceptors (Lipinski definition) is 1. The molecule has 5 rings (SSSR count). The number of rotatable bonds is 3. The Morgan fingerprint density at radius 2 is 1.92 bits per heavy atom. The SMILES string of the molecule is CCO[C@H](C)[C@@H]1[C@@H]2CC3[C@@H]4C([C@H]34)[C@@H]21. The van der Waals surface area contributed by atoms with Gasteiger partial charge in [0, 0.05) is 6.61 Å². The average Bonchev–Trinajstić information content (AvgIpc) is 2.98. The Morgan fingerprint density at radius 1 is 1.15 bits per heavy atom. The first kappa shape index (κ1) is 7.28. The van der Waals surface area contributed by atoms with Crippen LogP contribution in [0.2, 0.25) is 0 Å². The molecule has 0 aromatic heterocycles. The van der Waals surface area contributed by atoms with Gasteiger partial charge in [-0.1, -0.05) is 0 Å². The van der Waals surface area contributed by atoms with Crippen molar-refractivity contribution >= 4 is 0 Å². The van der Waals surface area contributed by atoms with E-state index >= 15 is 0 Å². The van der Waals surface area contributed by atoms with Crippen LogP contribution in [0.5, 0.6) is 0 Å². The lowest BCUT2D eigenvalue weighted by Crippen LogP contribution is -2.13. The third-order valence-corrected chi connectivity index (χ3v) is 5.29. The maximum absolute atomic E-state index is 5.73. The summed E-state index contributed by atoms with van der Waals surface area (Å²) in [6.07, 6.45) is 2.12. The van der Waals surface area contributed by atoms with Gasteiger partial charge in [0.15, 0.2) is 0 Å². The summed E-state index contributed by atoms with van der Waals surface area (Å²) in [5.74, 6) is 8.00. The summed E-state index contributed by atoms with van der Waals surface area (Å²) in [6, 6.07) is 0. The van der Waals surface area contributed by atoms with Gasteiger partial charge in [-0.3, -0.25) is 0 Å². The highest BCUT2D eigenvalue weighted by atomic mass is 16.5. The van der Waals surface area contributed by atoms with E-state index in [1.807, 2.05) is 0 Å². The topological polar surface area (TPSA) is 9.23 Å². The summed E-state index contributed by atoms with van der Waals surface area (Å²) in [4.78, 5) is 0. The van der Waals surface area contributed by atoms with E-state index in [4.69, 9.17) is 4.74 Å². The van der Waals surface area contributed by atoms with Crippen molar-refractivity contribution in [2.45, 2.75) is 26.4 Å². The van der Waals surface area contributed by atoms with Gasteiger partial charge in [-0.25, -0.2) is 0 Å². The molecule has 2 bridgehead atoms. The zero-order valence-electron chi connectivity index (χ0n) is 8.44. The molecule has 0 aromatic rings. The molecule has 0 aromatic carbocycles. The Morgan fingerprint density at radius 3 is 2.54 bits per heavy atom. The van der Waals surface area contributed by atoms with Crippen molar-refractivity contribution < 1.29 is 4.74 Å². The van der Waals surface area contributed by atoms with Crippen molar-refractivity contribution in [3.8, 4) is 0 Å². The Balaban J connectivity index is 1.47. The normalized spacial score (nSPS) is 66.5. The van der Waals surface area contributed by atoms with Crippen LogP contribution in [-0.4, -0.2) is 12.7 Å². The van der Waals surface area contributed by atoms with Crippen LogP contribution in [0, 0.1) is 41.4 Å². The van der Waals surface area contributed by atoms with Crippen molar-refractivity contribution in [2.24, 2.45) is 41.4 Å². The molecule has 8 atom stereocenters. The van der Waals surface area contributed by atoms with Gasteiger partial charge in [0.1, 0.15) is 0 Å². The van der Waals surface area contributed by atoms with Crippen molar-refractivity contribution in [3.05, 3.63) is 0 Å². The molecule has 5 aliphatic carbocycles. The molecule has 0 N–H and O–H groups in total. The minimum Gasteiger partial charge on any atom is -0.378 e. The fraction of sp³-hybridized carbons (Fsp3) is 1.00. The van der Waals surface area contributed by atoms with Crippen molar-refractivity contribution in [3.63, 3.8) is 0 Å². The molecular weight excluding hydrogens is 160 g/mol. The van der Waals surface area contributed by atoms with Crippen molar-refractivity contribution in [1.82, 2.24) is 0 Å². The third kappa shape index (κ3) is 0.707. The fourth-order valence-electron chi connectivity index (χ4n) is 4.70. The number of hydrogen-bond donors (Lipinski definition) is 0. The maximum Gasteiger partial charge on any atom is 0.0580 e. The standard InChI is InChI=1S/C12H18O/c1-3-13-5(2)8-6-4-7-10-11(7)12(10)9(6)8/h5-12H,3-4H2,1-2H3/t5-,6+,7?,8-,9+,10-,11+,12?/m1/s1. The summed E-state index contributed by atoms with van der Waals surface area (Å²) in [7, 11) is 0. The molecule has 5 aliphatic rings. The van der Waals surface area contributed by atoms with E-state index in [0.717, 1.165) is 24.4 Å². The molecule has 1 nitrogen and oxygen atoms in total. The molecule has 72 valence electrons. The summed E-state index contributed by atoms with van der Waals surface area (Å²) < 4.78 is 5.73. The van der Waals surface area contributed by atoms with E-state index in [9.17, 15) is 0 Å². The van der Waals surface area contributed by atoms with Crippen LogP contribution in [0.3, 0.4) is 0 Å². The molecule has 0 heterocycles. The molecule has 5 fully saturated rings. The van der Waals surface area contributed by atoms with Crippen LogP contribution in [0.1, 0.15) is 20.3 Å². The molecule has 0 amide bonds. The summed E-state index contributed by atoms with van der Waals surface area (Å²) in [5.41, 5.74) is 0. The molecule has 0 spiro atoms. The first-order valence-corrected chi connectivity index (χ1v) is 5.96. The van der Waals surface area contributed by atoms with Gasteiger partial charge in [-0.2, -0.15) is 0 Å². The van der Waals surface area contributed by atoms with Gasteiger partial charge in [0.2, 0.25) is 0 Å². The van der Waals surface area contributed by atoms with Gasteiger partial charge in [-0.15, -0.1) is 0 Å². The first-order chi connectivity index (χ1) is 6.34. The van der Waals surface area contributed by atoms with Gasteiger partial charge < -0.3 is 4.74 Å². The van der Waals surface area contributed by atoms with E-state index in [-0.39, 0.29) is 0 Å². The second-order valence-corrected chi connectivity index (χ2v) is 5.61. The number of ether oxygens (including phenoxy) is 1. The van der Waals surface area contributed by atoms with Crippen LogP contribution < -0.4 is 0 Å². The van der Waals surface area contributed by atoms with E-state index in [1.54, 1.807) is 6.42 Å². The third-order valence-electron chi connectivity index (χ3n) is 5.29. The average molecular weight is 178 g/mol. The van der Waals surface area contributed by atoms with Gasteiger partial charge in [0.25, 0.3) is 0 Å². The van der Waals surface area contributed by atoms with Crippen LogP contribution in [0.15, 0.2) is 0 Å². The van der Waals surface area contributed by atoms with Crippen molar-refractivity contribution in [1.29, 1.82) is 0 Å². The van der Waals surface area contributed by atoms with E-state index in [0.29, 0.717) is 6.10 Å². The Bertz CT molecular complexity index is 245. The Kier molecular flexibility index (Phi) is 1.11. The molecule has 0 radical (unpaired) electrons. The molecule has 0 saturated heterocycles. The first-order valence-electron chi connectivity index (χ1n) is 5.96. The molecule has 1 heteroatoms. The van der Waals surface area contributed by atoms with Crippen LogP contribution in [-0.2, 0) is 4.74 Å². The Hall–Kier alpha value is -0.0400. The zero-order chi connectivity index (χ0) is 8.74. The molecule has 0 aliphatic heterocycles. The van der Waals surface area contributed by atoms with Crippen LogP contribution in [0.25, 0.3) is 0 Å². The van der Waals surface area contributed by atoms with E-state index in [2.05, 4.69) is 13.8 Å². The minimum atomic E-state index is 0.554. The quantitative estimate of drug-likeness (QED) is 0.643. The lowest BCUT2D eigenvalue weighted by atomic mass is 9.89. The minimum absolute atomic E-state index is 0.554. The largest absolute Gasteiger partial charge is 0.378 e. The zero-order valence-corrected chi connectivity index (χ0v) is 8.44. The highest BCUT2D eigenvalue weighted by Crippen LogP contribution is 2.88. The summed E-state index contributed by atoms with van der Waals surface area (Å²) in [6.45, 7) is 5.31. The van der Waals surface area contributed by atoms with Gasteiger partial charge in [0.05, 0.1) is 6.10 Å². The summed E-state index contributed by atoms with van der Waals surface area (Å²) >= 11 is 0. The lowest BCUT2D eigenvalue weighted by molar-refractivity contribution is 0.0536. The summed E-state index contributed by atoms with van der Waals surface area (Å²) in [5, 5.41) is 0. The second kappa shape index (κ2) is 1.98. The smallest absolute Gasteiger partial charge is 0.0580 e. The Labute approximate surface area is 79.8 Å². The van der Waals surface area contributed by atoms with E-state index < -0.39 is 0 Å². The van der Waals surface area contributed by atoms with Gasteiger partial charge >= 0.3 is 0 Å². The highest BCUT2D eigenvalue weighted by Gasteiger charge is 2.84. The maximum atomic E-state index is 5.73. The van der Waals surface area contributed by atoms with Crippen LogP contribution in [0.4, 0.5) is 0 Å². The van der Waals surface area contributed by atoms with Gasteiger partial charge in [-0.05, 0) is 61.7 Å². The molecule has 2 unspecified atom stereocenters. The second-order valence-electron chi connectivity index (χ2n) is 5.61. The predicted octanol–water partition coefficient (Wildman–Crippen LogP) is 2.17. The lowest BCUT2D eigenvalue weighted by Gasteiger charge is -2.16. The highest BCUT2D eigenvalue weighted by molar-refractivity contribution is 5.31. The van der Waals surface area contributed by atoms with Crippen LogP contribution >= 0.6 is 0 Å². The molecule has 5 saturated carbocycles. The van der Waals surface area contributed by atoms with Crippen molar-refractivity contribution in [2.75, 3.05) is 6.61 Å². The monoisotopic (exact) mass is 178 g/mol.